The summed E-state index contributed by atoms with van der Waals surface area (Å²) in [6, 6.07) is 5.85. The Morgan fingerprint density at radius 1 is 1.42 bits per heavy atom. The molecule has 0 spiro atoms. The first-order chi connectivity index (χ1) is 8.51. The van der Waals surface area contributed by atoms with Crippen molar-refractivity contribution < 1.29 is 9.53 Å². The van der Waals surface area contributed by atoms with Crippen molar-refractivity contribution in [1.29, 1.82) is 0 Å². The molecule has 19 heavy (non-hydrogen) atoms. The molecular weight excluding hydrogens is 379 g/mol. The van der Waals surface area contributed by atoms with Gasteiger partial charge in [0.2, 0.25) is 5.91 Å². The lowest BCUT2D eigenvalue weighted by Gasteiger charge is -2.31. The number of nitrogens with one attached hydrogen (secondary N) is 1. The molecule has 0 aromatic heterocycles. The second kappa shape index (κ2) is 6.88. The Labute approximate surface area is 133 Å². The summed E-state index contributed by atoms with van der Waals surface area (Å²) in [7, 11) is 0. The third-order valence-corrected chi connectivity index (χ3v) is 4.43. The molecule has 0 saturated carbocycles. The third kappa shape index (κ3) is 4.05. The van der Waals surface area contributed by atoms with Crippen LogP contribution in [0.1, 0.15) is 18.4 Å². The zero-order valence-electron chi connectivity index (χ0n) is 10.7. The van der Waals surface area contributed by atoms with Crippen LogP contribution in [0.25, 0.3) is 0 Å². The van der Waals surface area contributed by atoms with Crippen molar-refractivity contribution in [3.05, 3.63) is 27.3 Å². The SMILES string of the molecule is Cc1ccc(NC(=O)C2(N)CCOCC2)cc1I.Cl. The maximum absolute atomic E-state index is 12.2. The molecule has 106 valence electrons. The summed E-state index contributed by atoms with van der Waals surface area (Å²) in [5.74, 6) is -0.120. The minimum Gasteiger partial charge on any atom is -0.381 e. The molecular formula is C13H18ClIN2O2. The van der Waals surface area contributed by atoms with Gasteiger partial charge in [0.05, 0.1) is 0 Å². The van der Waals surface area contributed by atoms with Crippen LogP contribution in [0.5, 0.6) is 0 Å². The van der Waals surface area contributed by atoms with Crippen molar-refractivity contribution >= 4 is 46.6 Å². The fourth-order valence-electron chi connectivity index (χ4n) is 1.89. The zero-order valence-corrected chi connectivity index (χ0v) is 13.7. The van der Waals surface area contributed by atoms with Crippen molar-refractivity contribution in [3.63, 3.8) is 0 Å². The van der Waals surface area contributed by atoms with Gasteiger partial charge in [-0.15, -0.1) is 12.4 Å². The van der Waals surface area contributed by atoms with Crippen LogP contribution in [-0.2, 0) is 9.53 Å². The standard InChI is InChI=1S/C13H17IN2O2.ClH/c1-9-2-3-10(8-11(9)14)16-12(17)13(15)4-6-18-7-5-13;/h2-3,8H,4-7,15H2,1H3,(H,16,17);1H. The van der Waals surface area contributed by atoms with Crippen molar-refractivity contribution in [1.82, 2.24) is 0 Å². The van der Waals surface area contributed by atoms with Crippen molar-refractivity contribution in [3.8, 4) is 0 Å². The summed E-state index contributed by atoms with van der Waals surface area (Å²) in [5.41, 5.74) is 7.32. The minimum absolute atomic E-state index is 0. The molecule has 1 saturated heterocycles. The van der Waals surface area contributed by atoms with Crippen LogP contribution in [0.4, 0.5) is 5.69 Å². The molecule has 2 rings (SSSR count). The van der Waals surface area contributed by atoms with Gasteiger partial charge in [-0.05, 0) is 60.1 Å². The van der Waals surface area contributed by atoms with E-state index in [2.05, 4.69) is 27.9 Å². The highest BCUT2D eigenvalue weighted by Gasteiger charge is 2.35. The highest BCUT2D eigenvalue weighted by atomic mass is 127. The number of carbonyl (C=O) groups excluding carboxylic acids is 1. The smallest absolute Gasteiger partial charge is 0.244 e. The lowest BCUT2D eigenvalue weighted by atomic mass is 9.90. The topological polar surface area (TPSA) is 64.4 Å². The lowest BCUT2D eigenvalue weighted by Crippen LogP contribution is -2.54. The Balaban J connectivity index is 0.00000180. The summed E-state index contributed by atoms with van der Waals surface area (Å²) in [4.78, 5) is 12.2. The number of rotatable bonds is 2. The fourth-order valence-corrected chi connectivity index (χ4v) is 2.40. The van der Waals surface area contributed by atoms with E-state index in [0.29, 0.717) is 26.1 Å². The van der Waals surface area contributed by atoms with E-state index < -0.39 is 5.54 Å². The quantitative estimate of drug-likeness (QED) is 0.755. The van der Waals surface area contributed by atoms with E-state index in [9.17, 15) is 4.79 Å². The Bertz CT molecular complexity index is 462. The number of hydrogen-bond donors (Lipinski definition) is 2. The molecule has 1 heterocycles. The van der Waals surface area contributed by atoms with Gasteiger partial charge in [0.25, 0.3) is 0 Å². The summed E-state index contributed by atoms with van der Waals surface area (Å²) >= 11 is 2.25. The molecule has 1 amide bonds. The molecule has 1 aliphatic heterocycles. The predicted molar refractivity (Wildman–Crippen MR) is 86.7 cm³/mol. The van der Waals surface area contributed by atoms with E-state index in [1.807, 2.05) is 25.1 Å². The van der Waals surface area contributed by atoms with Crippen molar-refractivity contribution in [2.45, 2.75) is 25.3 Å². The number of nitrogens with two attached hydrogens (primary N) is 1. The van der Waals surface area contributed by atoms with E-state index in [-0.39, 0.29) is 18.3 Å². The van der Waals surface area contributed by atoms with Gasteiger partial charge >= 0.3 is 0 Å². The lowest BCUT2D eigenvalue weighted by molar-refractivity contribution is -0.124. The molecule has 0 radical (unpaired) electrons. The minimum atomic E-state index is -0.797. The summed E-state index contributed by atoms with van der Waals surface area (Å²) in [6.45, 7) is 3.14. The van der Waals surface area contributed by atoms with Gasteiger partial charge < -0.3 is 15.8 Å². The molecule has 1 fully saturated rings. The molecule has 1 aromatic carbocycles. The highest BCUT2D eigenvalue weighted by molar-refractivity contribution is 14.1. The molecule has 3 N–H and O–H groups in total. The van der Waals surface area contributed by atoms with E-state index >= 15 is 0 Å². The van der Waals surface area contributed by atoms with E-state index in [4.69, 9.17) is 10.5 Å². The van der Waals surface area contributed by atoms with Gasteiger partial charge in [-0.2, -0.15) is 0 Å². The van der Waals surface area contributed by atoms with Crippen LogP contribution in [0.3, 0.4) is 0 Å². The van der Waals surface area contributed by atoms with Crippen LogP contribution in [-0.4, -0.2) is 24.7 Å². The van der Waals surface area contributed by atoms with E-state index in [1.165, 1.54) is 5.56 Å². The Morgan fingerprint density at radius 3 is 2.63 bits per heavy atom. The number of anilines is 1. The Kier molecular flexibility index (Phi) is 6.04. The second-order valence-corrected chi connectivity index (χ2v) is 5.85. The molecule has 0 atom stereocenters. The third-order valence-electron chi connectivity index (χ3n) is 3.27. The Morgan fingerprint density at radius 2 is 2.05 bits per heavy atom. The molecule has 1 aliphatic rings. The maximum Gasteiger partial charge on any atom is 0.244 e. The first-order valence-corrected chi connectivity index (χ1v) is 7.03. The van der Waals surface area contributed by atoms with Gasteiger partial charge in [-0.25, -0.2) is 0 Å². The van der Waals surface area contributed by atoms with Crippen LogP contribution in [0.2, 0.25) is 0 Å². The van der Waals surface area contributed by atoms with Gasteiger partial charge in [-0.3, -0.25) is 4.79 Å². The number of halogens is 2. The molecule has 1 aromatic rings. The molecule has 0 bridgehead atoms. The van der Waals surface area contributed by atoms with Crippen molar-refractivity contribution in [2.24, 2.45) is 5.73 Å². The average Bonchev–Trinajstić information content (AvgIpc) is 2.35. The van der Waals surface area contributed by atoms with Crippen LogP contribution >= 0.6 is 35.0 Å². The summed E-state index contributed by atoms with van der Waals surface area (Å²) < 4.78 is 6.37. The predicted octanol–water partition coefficient (Wildman–Crippen LogP) is 2.47. The Hall–Kier alpha value is -0.370. The number of carbonyl (C=O) groups is 1. The van der Waals surface area contributed by atoms with E-state index in [1.54, 1.807) is 0 Å². The van der Waals surface area contributed by atoms with Gasteiger partial charge in [0.1, 0.15) is 5.54 Å². The maximum atomic E-state index is 12.2. The number of amides is 1. The van der Waals surface area contributed by atoms with Gasteiger partial charge in [0, 0.05) is 22.5 Å². The molecule has 0 aliphatic carbocycles. The normalized spacial score (nSPS) is 17.4. The number of hydrogen-bond acceptors (Lipinski definition) is 3. The first kappa shape index (κ1) is 16.7. The van der Waals surface area contributed by atoms with Crippen LogP contribution in [0, 0.1) is 10.5 Å². The first-order valence-electron chi connectivity index (χ1n) is 5.95. The fraction of sp³-hybridized carbons (Fsp3) is 0.462. The number of benzene rings is 1. The summed E-state index contributed by atoms with van der Waals surface area (Å²) in [6.07, 6.45) is 1.14. The van der Waals surface area contributed by atoms with Crippen LogP contribution < -0.4 is 11.1 Å². The number of aryl methyl sites for hydroxylation is 1. The number of ether oxygens (including phenoxy) is 1. The largest absolute Gasteiger partial charge is 0.381 e. The molecule has 4 nitrogen and oxygen atoms in total. The molecule has 0 unspecified atom stereocenters. The van der Waals surface area contributed by atoms with E-state index in [0.717, 1.165) is 9.26 Å². The second-order valence-electron chi connectivity index (χ2n) is 4.69. The molecule has 6 heteroatoms. The van der Waals surface area contributed by atoms with Gasteiger partial charge in [-0.1, -0.05) is 6.07 Å². The van der Waals surface area contributed by atoms with Gasteiger partial charge in [0.15, 0.2) is 0 Å². The van der Waals surface area contributed by atoms with Crippen molar-refractivity contribution in [2.75, 3.05) is 18.5 Å². The monoisotopic (exact) mass is 396 g/mol. The average molecular weight is 397 g/mol. The highest BCUT2D eigenvalue weighted by Crippen LogP contribution is 2.22. The summed E-state index contributed by atoms with van der Waals surface area (Å²) in [5, 5.41) is 2.90. The zero-order chi connectivity index (χ0) is 13.2. The van der Waals surface area contributed by atoms with Crippen LogP contribution in [0.15, 0.2) is 18.2 Å².